The average molecular weight is 675 g/mol. The molecule has 39 heavy (non-hydrogen) atoms. The molecule has 0 fully saturated rings. The second-order valence-electron chi connectivity index (χ2n) is 8.27. The molecule has 5 rings (SSSR count). The van der Waals surface area contributed by atoms with E-state index in [4.69, 9.17) is 20.9 Å². The molecule has 0 atom stereocenters. The van der Waals surface area contributed by atoms with Crippen molar-refractivity contribution in [3.63, 3.8) is 0 Å². The third-order valence-electron chi connectivity index (χ3n) is 5.61. The molecule has 0 bridgehead atoms. The Labute approximate surface area is 230 Å². The topological polar surface area (TPSA) is 101 Å². The normalized spacial score (nSPS) is 13.8. The zero-order chi connectivity index (χ0) is 27.7. The summed E-state index contributed by atoms with van der Waals surface area (Å²) in [6.07, 6.45) is -2.88. The first-order valence-corrected chi connectivity index (χ1v) is 15.4. The summed E-state index contributed by atoms with van der Waals surface area (Å²) in [5, 5.41) is 4.24. The molecule has 9 nitrogen and oxygen atoms in total. The summed E-state index contributed by atoms with van der Waals surface area (Å²) < 4.78 is 56.9. The van der Waals surface area contributed by atoms with Crippen LogP contribution in [0.3, 0.4) is 0 Å². The van der Waals surface area contributed by atoms with Crippen molar-refractivity contribution in [1.29, 1.82) is 0 Å². The van der Waals surface area contributed by atoms with E-state index in [0.717, 1.165) is 22.3 Å². The van der Waals surface area contributed by atoms with Crippen LogP contribution in [0.25, 0.3) is 0 Å². The molecular weight excluding hydrogens is 656 g/mol. The number of alkyl halides is 4. The summed E-state index contributed by atoms with van der Waals surface area (Å²) in [4.78, 5) is 31.0. The van der Waals surface area contributed by atoms with Gasteiger partial charge in [-0.05, 0) is 0 Å². The molecule has 0 spiro atoms. The fourth-order valence-electron chi connectivity index (χ4n) is 3.80. The fraction of sp³-hybridized carbons (Fsp3) is 0.200. The van der Waals surface area contributed by atoms with Crippen molar-refractivity contribution in [3.05, 3.63) is 102 Å². The number of hydrogen-bond acceptors (Lipinski definition) is 7. The summed E-state index contributed by atoms with van der Waals surface area (Å²) in [5.74, 6) is 0.119. The van der Waals surface area contributed by atoms with Gasteiger partial charge in [0.15, 0.2) is 0 Å². The molecule has 4 aromatic rings. The van der Waals surface area contributed by atoms with Crippen molar-refractivity contribution < 1.29 is 27.2 Å². The first-order chi connectivity index (χ1) is 18.6. The molecule has 1 aliphatic rings. The summed E-state index contributed by atoms with van der Waals surface area (Å²) in [5.41, 5.74) is -0.118. The molecule has 14 heteroatoms. The van der Waals surface area contributed by atoms with Crippen LogP contribution in [0.1, 0.15) is 11.3 Å². The van der Waals surface area contributed by atoms with E-state index in [1.54, 1.807) is 18.2 Å². The molecule has 0 saturated carbocycles. The molecule has 204 valence electrons. The number of aliphatic imine (C=N–C) groups is 1. The van der Waals surface area contributed by atoms with Crippen LogP contribution in [0.2, 0.25) is 5.02 Å². The third-order valence-corrected chi connectivity index (χ3v) is 11.3. The Morgan fingerprint density at radius 1 is 1.08 bits per heavy atom. The van der Waals surface area contributed by atoms with Crippen molar-refractivity contribution in [2.24, 2.45) is 12.0 Å². The number of nitrogens with zero attached hydrogens (tertiary/aromatic N) is 4. The Balaban J connectivity index is 1.55. The maximum atomic E-state index is 13.4. The second kappa shape index (κ2) is 10.9. The third kappa shape index (κ3) is 6.03. The molecule has 0 radical (unpaired) electrons. The van der Waals surface area contributed by atoms with Crippen LogP contribution >= 0.6 is 31.4 Å². The first kappa shape index (κ1) is 27.0. The molecule has 0 N–H and O–H groups in total. The van der Waals surface area contributed by atoms with Gasteiger partial charge in [0.05, 0.1) is 0 Å². The molecular formula is C25H19ClF3IN4O5. The molecule has 0 saturated heterocycles. The van der Waals surface area contributed by atoms with Gasteiger partial charge in [0.2, 0.25) is 0 Å². The standard InChI is InChI=1S/C25H19ClF3IN4O5/c1-33-22(35)20-21(34(24(33)36)14-19-10-12-31-39-19)32-23(30(20)11-9-15-5-7-16(26)8-6-15)37-17-3-2-4-18(13-17)38-25(27,28)29/h2-8,10,12-13H,9,11,14H2,1H3. The van der Waals surface area contributed by atoms with Gasteiger partial charge in [-0.1, -0.05) is 0 Å². The van der Waals surface area contributed by atoms with E-state index in [9.17, 15) is 22.8 Å². The first-order valence-electron chi connectivity index (χ1n) is 11.3. The van der Waals surface area contributed by atoms with E-state index in [1.165, 1.54) is 29.9 Å². The molecule has 2 aromatic carbocycles. The van der Waals surface area contributed by atoms with Gasteiger partial charge < -0.3 is 0 Å². The van der Waals surface area contributed by atoms with Gasteiger partial charge >= 0.3 is 231 Å². The number of benzene rings is 2. The van der Waals surface area contributed by atoms with Crippen LogP contribution in [0.5, 0.6) is 11.5 Å². The van der Waals surface area contributed by atoms with Gasteiger partial charge in [-0.3, -0.25) is 0 Å². The van der Waals surface area contributed by atoms with Crippen molar-refractivity contribution in [2.45, 2.75) is 19.3 Å². The second-order valence-corrected chi connectivity index (χ2v) is 13.8. The minimum absolute atomic E-state index is 0.0256. The quantitative estimate of drug-likeness (QED) is 0.199. The zero-order valence-electron chi connectivity index (χ0n) is 20.1. The molecule has 0 unspecified atom stereocenters. The van der Waals surface area contributed by atoms with Gasteiger partial charge in [-0.2, -0.15) is 0 Å². The number of hydrogen-bond donors (Lipinski definition) is 0. The Morgan fingerprint density at radius 3 is 2.51 bits per heavy atom. The monoisotopic (exact) mass is 674 g/mol. The van der Waals surface area contributed by atoms with Crippen LogP contribution in [0.15, 0.2) is 79.9 Å². The van der Waals surface area contributed by atoms with Crippen molar-refractivity contribution in [3.8, 4) is 11.5 Å². The Morgan fingerprint density at radius 2 is 1.82 bits per heavy atom. The van der Waals surface area contributed by atoms with E-state index in [-0.39, 0.29) is 22.0 Å². The SMILES string of the molecule is Cn1c(=O)c2c(n(Cc3ccno3)c1=O)N=C(Oc1cccc(OC(F)(F)F)c1)I2CCc1ccc(Cl)cc1. The summed E-state index contributed by atoms with van der Waals surface area (Å²) in [7, 11) is 1.38. The number of aryl methyl sites for hydroxylation is 1. The van der Waals surface area contributed by atoms with Crippen LogP contribution < -0.4 is 20.7 Å². The number of halogens is 5. The maximum absolute atomic E-state index is 13.4. The number of ether oxygens (including phenoxy) is 2. The molecule has 0 amide bonds. The van der Waals surface area contributed by atoms with Gasteiger partial charge in [0.1, 0.15) is 0 Å². The Bertz CT molecular complexity index is 1650. The molecule has 0 aliphatic carbocycles. The predicted octanol–water partition coefficient (Wildman–Crippen LogP) is 5.13. The van der Waals surface area contributed by atoms with Crippen LogP contribution in [-0.2, 0) is 20.0 Å². The average Bonchev–Trinajstić information content (AvgIpc) is 3.52. The summed E-state index contributed by atoms with van der Waals surface area (Å²) in [6.45, 7) is -0.0256. The summed E-state index contributed by atoms with van der Waals surface area (Å²) >= 11 is 3.25. The minimum atomic E-state index is -4.88. The van der Waals surface area contributed by atoms with E-state index in [2.05, 4.69) is 14.9 Å². The van der Waals surface area contributed by atoms with E-state index >= 15 is 0 Å². The number of aromatic nitrogens is 3. The Hall–Kier alpha value is -3.59. The van der Waals surface area contributed by atoms with Gasteiger partial charge in [-0.25, -0.2) is 0 Å². The van der Waals surface area contributed by atoms with Gasteiger partial charge in [0, 0.05) is 0 Å². The van der Waals surface area contributed by atoms with Crippen molar-refractivity contribution in [2.75, 3.05) is 4.43 Å². The van der Waals surface area contributed by atoms with Crippen LogP contribution in [0, 0.1) is 3.57 Å². The molecule has 2 aromatic heterocycles. The zero-order valence-corrected chi connectivity index (χ0v) is 23.0. The summed E-state index contributed by atoms with van der Waals surface area (Å²) in [6, 6.07) is 13.9. The molecule has 3 heterocycles. The van der Waals surface area contributed by atoms with E-state index in [0.29, 0.717) is 25.2 Å². The van der Waals surface area contributed by atoms with Crippen LogP contribution in [-0.4, -0.2) is 29.0 Å². The van der Waals surface area contributed by atoms with Crippen LogP contribution in [0.4, 0.5) is 19.0 Å². The predicted molar refractivity (Wildman–Crippen MR) is 145 cm³/mol. The van der Waals surface area contributed by atoms with Gasteiger partial charge in [-0.15, -0.1) is 0 Å². The molecule has 1 aliphatic heterocycles. The fourth-order valence-corrected chi connectivity index (χ4v) is 9.50. The number of rotatable bonds is 7. The van der Waals surface area contributed by atoms with E-state index < -0.39 is 43.2 Å². The number of fused-ring (bicyclic) bond motifs is 1. The van der Waals surface area contributed by atoms with Crippen molar-refractivity contribution in [1.82, 2.24) is 14.3 Å². The van der Waals surface area contributed by atoms with Crippen molar-refractivity contribution >= 4 is 41.1 Å². The van der Waals surface area contributed by atoms with E-state index in [1.807, 2.05) is 12.1 Å². The Kier molecular flexibility index (Phi) is 7.53. The van der Waals surface area contributed by atoms with Gasteiger partial charge in [0.25, 0.3) is 0 Å².